The van der Waals surface area contributed by atoms with Gasteiger partial charge >= 0.3 is 0 Å². The molecule has 4 heteroatoms. The van der Waals surface area contributed by atoms with Crippen molar-refractivity contribution in [3.63, 3.8) is 0 Å². The van der Waals surface area contributed by atoms with Crippen molar-refractivity contribution in [3.8, 4) is 0 Å². The zero-order chi connectivity index (χ0) is 10.2. The Morgan fingerprint density at radius 2 is 1.58 bits per heavy atom. The Labute approximate surface area is 73.2 Å². The van der Waals surface area contributed by atoms with Gasteiger partial charge in [0.1, 0.15) is 8.07 Å². The molecule has 0 radical (unpaired) electrons. The summed E-state index contributed by atoms with van der Waals surface area (Å²) >= 11 is 0. The van der Waals surface area contributed by atoms with Gasteiger partial charge in [-0.25, -0.2) is 8.78 Å². The molecule has 1 nitrogen and oxygen atoms in total. The molecule has 0 aliphatic carbocycles. The first-order valence-corrected chi connectivity index (χ1v) is 6.93. The number of carbonyl (C=O) groups is 1. The number of carbonyl (C=O) groups excluding carboxylic acids is 1. The Balaban J connectivity index is 4.74. The number of halogens is 2. The van der Waals surface area contributed by atoms with Gasteiger partial charge in [0.05, 0.1) is 0 Å². The van der Waals surface area contributed by atoms with Crippen LogP contribution in [0.15, 0.2) is 0 Å². The van der Waals surface area contributed by atoms with Crippen molar-refractivity contribution in [1.29, 1.82) is 0 Å². The normalized spacial score (nSPS) is 13.7. The van der Waals surface area contributed by atoms with E-state index in [1.165, 1.54) is 0 Å². The van der Waals surface area contributed by atoms with E-state index in [9.17, 15) is 13.6 Å². The van der Waals surface area contributed by atoms with Crippen LogP contribution in [0, 0.1) is 0 Å². The Bertz CT molecular complexity index is 182. The predicted molar refractivity (Wildman–Crippen MR) is 48.2 cm³/mol. The lowest BCUT2D eigenvalue weighted by Gasteiger charge is -2.34. The summed E-state index contributed by atoms with van der Waals surface area (Å²) in [4.78, 5) is 11.1. The summed E-state index contributed by atoms with van der Waals surface area (Å²) in [7, 11) is -2.46. The first-order valence-electron chi connectivity index (χ1n) is 3.93. The molecule has 0 aromatic carbocycles. The standard InChI is InChI=1S/C8H16F2OSi/c1-8(2,3)12(4,5)7(11)6(9)10/h6H,1-5H3. The quantitative estimate of drug-likeness (QED) is 0.618. The summed E-state index contributed by atoms with van der Waals surface area (Å²) in [6.07, 6.45) is -2.80. The molecule has 0 aliphatic heterocycles. The van der Waals surface area contributed by atoms with Gasteiger partial charge in [0.25, 0.3) is 6.43 Å². The maximum absolute atomic E-state index is 12.1. The molecule has 0 saturated heterocycles. The van der Waals surface area contributed by atoms with Crippen LogP contribution in [0.3, 0.4) is 0 Å². The topological polar surface area (TPSA) is 17.1 Å². The van der Waals surface area contributed by atoms with Crippen molar-refractivity contribution in [3.05, 3.63) is 0 Å². The summed E-state index contributed by atoms with van der Waals surface area (Å²) in [5, 5.41) is -1.13. The van der Waals surface area contributed by atoms with E-state index in [4.69, 9.17) is 0 Å². The SMILES string of the molecule is CC(C)(C)[Si](C)(C)C(=O)C(F)F. The van der Waals surface area contributed by atoms with Crippen LogP contribution in [0.25, 0.3) is 0 Å². The van der Waals surface area contributed by atoms with Gasteiger partial charge < -0.3 is 0 Å². The van der Waals surface area contributed by atoms with E-state index in [0.717, 1.165) is 0 Å². The highest BCUT2D eigenvalue weighted by Crippen LogP contribution is 2.37. The van der Waals surface area contributed by atoms with Gasteiger partial charge in [-0.05, 0) is 5.04 Å². The van der Waals surface area contributed by atoms with Crippen LogP contribution >= 0.6 is 0 Å². The van der Waals surface area contributed by atoms with Gasteiger partial charge in [0.15, 0.2) is 5.41 Å². The van der Waals surface area contributed by atoms with Crippen LogP contribution in [-0.4, -0.2) is 19.9 Å². The monoisotopic (exact) mass is 194 g/mol. The Morgan fingerprint density at radius 3 is 1.67 bits per heavy atom. The predicted octanol–water partition coefficient (Wildman–Crippen LogP) is 2.87. The molecule has 0 spiro atoms. The van der Waals surface area contributed by atoms with E-state index in [0.29, 0.717) is 0 Å². The zero-order valence-electron chi connectivity index (χ0n) is 8.24. The van der Waals surface area contributed by atoms with Crippen LogP contribution in [0.2, 0.25) is 18.1 Å². The highest BCUT2D eigenvalue weighted by atomic mass is 28.3. The fourth-order valence-corrected chi connectivity index (χ4v) is 1.93. The lowest BCUT2D eigenvalue weighted by atomic mass is 10.2. The van der Waals surface area contributed by atoms with Crippen molar-refractivity contribution < 1.29 is 13.6 Å². The summed E-state index contributed by atoms with van der Waals surface area (Å²) in [5.74, 6) is 0. The van der Waals surface area contributed by atoms with E-state index < -0.39 is 19.9 Å². The van der Waals surface area contributed by atoms with Crippen LogP contribution in [0.1, 0.15) is 20.8 Å². The average molecular weight is 194 g/mol. The molecule has 0 aliphatic rings. The number of hydrogen-bond acceptors (Lipinski definition) is 1. The van der Waals surface area contributed by atoms with Crippen LogP contribution in [-0.2, 0) is 4.79 Å². The van der Waals surface area contributed by atoms with Crippen molar-refractivity contribution in [2.75, 3.05) is 0 Å². The molecule has 0 bridgehead atoms. The van der Waals surface area contributed by atoms with Crippen molar-refractivity contribution in [1.82, 2.24) is 0 Å². The second kappa shape index (κ2) is 3.24. The van der Waals surface area contributed by atoms with Crippen molar-refractivity contribution in [2.24, 2.45) is 0 Å². The minimum Gasteiger partial charge on any atom is -0.299 e. The fourth-order valence-electron chi connectivity index (χ4n) is 0.642. The summed E-state index contributed by atoms with van der Waals surface area (Å²) < 4.78 is 24.3. The van der Waals surface area contributed by atoms with E-state index in [1.54, 1.807) is 13.1 Å². The lowest BCUT2D eigenvalue weighted by molar-refractivity contribution is -0.122. The molecular weight excluding hydrogens is 178 g/mol. The number of rotatable bonds is 2. The Kier molecular flexibility index (Phi) is 3.17. The number of alkyl halides is 2. The van der Waals surface area contributed by atoms with Gasteiger partial charge in [-0.1, -0.05) is 33.9 Å². The lowest BCUT2D eigenvalue weighted by Crippen LogP contribution is -2.49. The van der Waals surface area contributed by atoms with E-state index in [2.05, 4.69) is 0 Å². The molecule has 0 amide bonds. The molecular formula is C8H16F2OSi. The van der Waals surface area contributed by atoms with E-state index >= 15 is 0 Å². The second-order valence-corrected chi connectivity index (χ2v) is 9.78. The first kappa shape index (κ1) is 11.7. The molecule has 0 saturated carbocycles. The Morgan fingerprint density at radius 1 is 1.25 bits per heavy atom. The fraction of sp³-hybridized carbons (Fsp3) is 0.875. The average Bonchev–Trinajstić information content (AvgIpc) is 1.83. The molecule has 0 rings (SSSR count). The molecule has 0 heterocycles. The van der Waals surface area contributed by atoms with Gasteiger partial charge in [-0.2, -0.15) is 0 Å². The van der Waals surface area contributed by atoms with Gasteiger partial charge in [0, 0.05) is 0 Å². The van der Waals surface area contributed by atoms with E-state index in [1.807, 2.05) is 20.8 Å². The highest BCUT2D eigenvalue weighted by Gasteiger charge is 2.45. The van der Waals surface area contributed by atoms with E-state index in [-0.39, 0.29) is 5.04 Å². The minimum atomic E-state index is -2.80. The van der Waals surface area contributed by atoms with Gasteiger partial charge in [-0.3, -0.25) is 4.79 Å². The molecule has 0 fully saturated rings. The first-order chi connectivity index (χ1) is 5.10. The highest BCUT2D eigenvalue weighted by molar-refractivity contribution is 7.06. The third-order valence-corrected chi connectivity index (χ3v) is 7.89. The van der Waals surface area contributed by atoms with Crippen LogP contribution in [0.4, 0.5) is 8.78 Å². The van der Waals surface area contributed by atoms with Crippen LogP contribution < -0.4 is 0 Å². The molecule has 0 N–H and O–H groups in total. The summed E-state index contributed by atoms with van der Waals surface area (Å²) in [6, 6.07) is 0. The largest absolute Gasteiger partial charge is 0.299 e. The second-order valence-electron chi connectivity index (χ2n) is 4.54. The zero-order valence-corrected chi connectivity index (χ0v) is 9.24. The number of hydrogen-bond donors (Lipinski definition) is 0. The van der Waals surface area contributed by atoms with Gasteiger partial charge in [0.2, 0.25) is 0 Å². The maximum Gasteiger partial charge on any atom is 0.291 e. The molecule has 72 valence electrons. The third kappa shape index (κ3) is 2.12. The van der Waals surface area contributed by atoms with Crippen LogP contribution in [0.5, 0.6) is 0 Å². The van der Waals surface area contributed by atoms with Crippen molar-refractivity contribution >= 4 is 13.5 Å². The summed E-state index contributed by atoms with van der Waals surface area (Å²) in [6.45, 7) is 8.93. The molecule has 0 unspecified atom stereocenters. The molecule has 0 atom stereocenters. The molecule has 0 aromatic rings. The third-order valence-electron chi connectivity index (χ3n) is 2.69. The maximum atomic E-state index is 12.1. The molecule has 0 aromatic heterocycles. The van der Waals surface area contributed by atoms with Gasteiger partial charge in [-0.15, -0.1) is 0 Å². The summed E-state index contributed by atoms with van der Waals surface area (Å²) in [5.41, 5.74) is 0. The minimum absolute atomic E-state index is 0.291. The smallest absolute Gasteiger partial charge is 0.291 e. The molecule has 12 heavy (non-hydrogen) atoms. The Hall–Kier alpha value is -0.253. The van der Waals surface area contributed by atoms with Crippen molar-refractivity contribution in [2.45, 2.75) is 45.3 Å².